The first kappa shape index (κ1) is 21.9. The molecule has 1 unspecified atom stereocenters. The van der Waals surface area contributed by atoms with Gasteiger partial charge >= 0.3 is 0 Å². The quantitative estimate of drug-likeness (QED) is 0.666. The van der Waals surface area contributed by atoms with Gasteiger partial charge in [0, 0.05) is 11.9 Å². The van der Waals surface area contributed by atoms with Crippen molar-refractivity contribution < 1.29 is 0 Å². The highest BCUT2D eigenvalue weighted by Crippen LogP contribution is 2.24. The number of hydrogen-bond donors (Lipinski definition) is 1. The number of aryl methyl sites for hydroxylation is 1. The molecule has 0 aromatic carbocycles. The SMILES string of the molecule is Cc1nc(CC2CCCNCC2)cc(-c2cnc3ccc(Cl)cn23)n1.Cl.Cl. The molecule has 1 aliphatic rings. The molecule has 1 fully saturated rings. The van der Waals surface area contributed by atoms with Crippen LogP contribution in [0.5, 0.6) is 0 Å². The van der Waals surface area contributed by atoms with Gasteiger partial charge in [-0.15, -0.1) is 24.8 Å². The summed E-state index contributed by atoms with van der Waals surface area (Å²) < 4.78 is 1.99. The molecule has 1 N–H and O–H groups in total. The van der Waals surface area contributed by atoms with Crippen LogP contribution in [0.3, 0.4) is 0 Å². The number of nitrogens with zero attached hydrogens (tertiary/aromatic N) is 4. The number of imidazole rings is 1. The first-order valence-corrected chi connectivity index (χ1v) is 9.25. The molecular weight excluding hydrogens is 405 g/mol. The van der Waals surface area contributed by atoms with Crippen molar-refractivity contribution in [2.24, 2.45) is 5.92 Å². The molecule has 0 radical (unpaired) electrons. The Labute approximate surface area is 176 Å². The highest BCUT2D eigenvalue weighted by Gasteiger charge is 2.16. The van der Waals surface area contributed by atoms with E-state index < -0.39 is 0 Å². The van der Waals surface area contributed by atoms with Crippen LogP contribution in [-0.4, -0.2) is 32.4 Å². The molecule has 27 heavy (non-hydrogen) atoms. The predicted molar refractivity (Wildman–Crippen MR) is 114 cm³/mol. The smallest absolute Gasteiger partial charge is 0.137 e. The van der Waals surface area contributed by atoms with Crippen molar-refractivity contribution >= 4 is 42.1 Å². The van der Waals surface area contributed by atoms with Gasteiger partial charge in [0.05, 0.1) is 22.6 Å². The van der Waals surface area contributed by atoms with Crippen molar-refractivity contribution in [1.29, 1.82) is 0 Å². The van der Waals surface area contributed by atoms with E-state index in [-0.39, 0.29) is 24.8 Å². The summed E-state index contributed by atoms with van der Waals surface area (Å²) in [6, 6.07) is 5.87. The molecule has 3 aromatic rings. The molecule has 0 amide bonds. The second-order valence-electron chi connectivity index (χ2n) is 6.76. The van der Waals surface area contributed by atoms with Crippen LogP contribution < -0.4 is 5.32 Å². The summed E-state index contributed by atoms with van der Waals surface area (Å²) >= 11 is 6.15. The number of hydrogen-bond acceptors (Lipinski definition) is 4. The summed E-state index contributed by atoms with van der Waals surface area (Å²) in [7, 11) is 0. The third-order valence-corrected chi connectivity index (χ3v) is 5.04. The zero-order valence-electron chi connectivity index (χ0n) is 15.2. The Balaban J connectivity index is 0.00000131. The van der Waals surface area contributed by atoms with E-state index in [0.29, 0.717) is 10.9 Å². The van der Waals surface area contributed by atoms with Crippen molar-refractivity contribution in [2.45, 2.75) is 32.6 Å². The molecule has 8 heteroatoms. The van der Waals surface area contributed by atoms with Crippen molar-refractivity contribution in [3.8, 4) is 11.4 Å². The summed E-state index contributed by atoms with van der Waals surface area (Å²) in [4.78, 5) is 13.8. The van der Waals surface area contributed by atoms with Gasteiger partial charge in [0.1, 0.15) is 11.5 Å². The number of halogens is 3. The van der Waals surface area contributed by atoms with E-state index in [4.69, 9.17) is 11.6 Å². The highest BCUT2D eigenvalue weighted by molar-refractivity contribution is 6.30. The predicted octanol–water partition coefficient (Wildman–Crippen LogP) is 4.53. The Morgan fingerprint density at radius 2 is 2.04 bits per heavy atom. The van der Waals surface area contributed by atoms with Crippen molar-refractivity contribution in [3.05, 3.63) is 47.1 Å². The summed E-state index contributed by atoms with van der Waals surface area (Å²) in [5.41, 5.74) is 3.84. The third-order valence-electron chi connectivity index (χ3n) is 4.82. The number of fused-ring (bicyclic) bond motifs is 1. The minimum absolute atomic E-state index is 0. The van der Waals surface area contributed by atoms with Gasteiger partial charge in [0.2, 0.25) is 0 Å². The fraction of sp³-hybridized carbons (Fsp3) is 0.421. The summed E-state index contributed by atoms with van der Waals surface area (Å²) in [5, 5.41) is 4.16. The van der Waals surface area contributed by atoms with Crippen molar-refractivity contribution in [1.82, 2.24) is 24.7 Å². The lowest BCUT2D eigenvalue weighted by Gasteiger charge is -2.14. The molecule has 1 saturated heterocycles. The van der Waals surface area contributed by atoms with Crippen molar-refractivity contribution in [2.75, 3.05) is 13.1 Å². The number of pyridine rings is 1. The maximum absolute atomic E-state index is 6.15. The molecule has 1 atom stereocenters. The Morgan fingerprint density at radius 1 is 1.19 bits per heavy atom. The Kier molecular flexibility index (Phi) is 7.86. The van der Waals surface area contributed by atoms with Gasteiger partial charge in [0.15, 0.2) is 0 Å². The van der Waals surface area contributed by atoms with Crippen LogP contribution in [0.4, 0.5) is 0 Å². The molecule has 0 saturated carbocycles. The monoisotopic (exact) mass is 427 g/mol. The topological polar surface area (TPSA) is 55.1 Å². The minimum atomic E-state index is 0. The second kappa shape index (κ2) is 9.69. The summed E-state index contributed by atoms with van der Waals surface area (Å²) in [6.45, 7) is 4.19. The lowest BCUT2D eigenvalue weighted by Crippen LogP contribution is -2.14. The van der Waals surface area contributed by atoms with E-state index in [1.807, 2.05) is 35.9 Å². The molecule has 0 spiro atoms. The van der Waals surface area contributed by atoms with Crippen LogP contribution in [0.1, 0.15) is 30.8 Å². The van der Waals surface area contributed by atoms with Crippen LogP contribution in [0.2, 0.25) is 5.02 Å². The van der Waals surface area contributed by atoms with E-state index in [2.05, 4.69) is 26.3 Å². The largest absolute Gasteiger partial charge is 0.317 e. The lowest BCUT2D eigenvalue weighted by atomic mass is 9.95. The van der Waals surface area contributed by atoms with E-state index in [9.17, 15) is 0 Å². The first-order chi connectivity index (χ1) is 12.2. The molecule has 0 aliphatic carbocycles. The second-order valence-corrected chi connectivity index (χ2v) is 7.20. The van der Waals surface area contributed by atoms with Crippen LogP contribution in [0.25, 0.3) is 17.0 Å². The number of nitrogens with one attached hydrogen (secondary N) is 1. The molecule has 4 rings (SSSR count). The molecule has 3 aromatic heterocycles. The van der Waals surface area contributed by atoms with E-state index >= 15 is 0 Å². The zero-order valence-corrected chi connectivity index (χ0v) is 17.6. The van der Waals surface area contributed by atoms with Gasteiger partial charge in [-0.3, -0.25) is 4.40 Å². The fourth-order valence-electron chi connectivity index (χ4n) is 3.60. The highest BCUT2D eigenvalue weighted by atomic mass is 35.5. The van der Waals surface area contributed by atoms with Gasteiger partial charge in [0.25, 0.3) is 0 Å². The van der Waals surface area contributed by atoms with E-state index in [1.54, 1.807) is 0 Å². The average molecular weight is 429 g/mol. The van der Waals surface area contributed by atoms with Crippen molar-refractivity contribution in [3.63, 3.8) is 0 Å². The van der Waals surface area contributed by atoms with Gasteiger partial charge < -0.3 is 5.32 Å². The number of aromatic nitrogens is 4. The maximum Gasteiger partial charge on any atom is 0.137 e. The summed E-state index contributed by atoms with van der Waals surface area (Å²) in [5.74, 6) is 1.49. The Hall–Kier alpha value is -1.40. The van der Waals surface area contributed by atoms with Gasteiger partial charge in [-0.2, -0.15) is 0 Å². The van der Waals surface area contributed by atoms with Gasteiger partial charge in [-0.1, -0.05) is 11.6 Å². The normalized spacial score (nSPS) is 17.0. The lowest BCUT2D eigenvalue weighted by molar-refractivity contribution is 0.464. The molecule has 1 aliphatic heterocycles. The van der Waals surface area contributed by atoms with Crippen LogP contribution in [-0.2, 0) is 6.42 Å². The van der Waals surface area contributed by atoms with Crippen LogP contribution in [0, 0.1) is 12.8 Å². The number of rotatable bonds is 3. The van der Waals surface area contributed by atoms with E-state index in [0.717, 1.165) is 48.1 Å². The molecule has 146 valence electrons. The Morgan fingerprint density at radius 3 is 2.89 bits per heavy atom. The molecule has 4 heterocycles. The maximum atomic E-state index is 6.15. The van der Waals surface area contributed by atoms with Gasteiger partial charge in [-0.05, 0) is 69.8 Å². The molecule has 5 nitrogen and oxygen atoms in total. The standard InChI is InChI=1S/C19H22ClN5.2ClH/c1-13-23-16(9-14-3-2-7-21-8-6-14)10-17(24-13)18-11-22-19-5-4-15(20)12-25(18)19;;/h4-5,10-12,14,21H,2-3,6-9H2,1H3;2*1H. The summed E-state index contributed by atoms with van der Waals surface area (Å²) in [6.07, 6.45) is 8.46. The van der Waals surface area contributed by atoms with Crippen LogP contribution >= 0.6 is 36.4 Å². The zero-order chi connectivity index (χ0) is 17.2. The molecule has 0 bridgehead atoms. The average Bonchev–Trinajstić information content (AvgIpc) is 2.82. The Bertz CT molecular complexity index is 888. The fourth-order valence-corrected chi connectivity index (χ4v) is 3.76. The molecular formula is C19H24Cl3N5. The first-order valence-electron chi connectivity index (χ1n) is 8.87. The van der Waals surface area contributed by atoms with Gasteiger partial charge in [-0.25, -0.2) is 15.0 Å². The van der Waals surface area contributed by atoms with Crippen LogP contribution in [0.15, 0.2) is 30.6 Å². The minimum Gasteiger partial charge on any atom is -0.317 e. The van der Waals surface area contributed by atoms with E-state index in [1.165, 1.54) is 19.3 Å². The third kappa shape index (κ3) is 5.11.